The van der Waals surface area contributed by atoms with E-state index in [0.717, 1.165) is 0 Å². The summed E-state index contributed by atoms with van der Waals surface area (Å²) in [5.41, 5.74) is -0.551. The lowest BCUT2D eigenvalue weighted by molar-refractivity contribution is -0.101. The molecule has 1 N–H and O–H groups in total. The van der Waals surface area contributed by atoms with Crippen LogP contribution >= 0.6 is 0 Å². The molecule has 0 aromatic carbocycles. The van der Waals surface area contributed by atoms with Gasteiger partial charge in [-0.3, -0.25) is 9.51 Å². The van der Waals surface area contributed by atoms with Gasteiger partial charge in [-0.05, 0) is 0 Å². The van der Waals surface area contributed by atoms with Gasteiger partial charge < -0.3 is 9.47 Å². The number of nitrogens with one attached hydrogen (secondary N) is 1. The van der Waals surface area contributed by atoms with Crippen molar-refractivity contribution in [3.63, 3.8) is 0 Å². The summed E-state index contributed by atoms with van der Waals surface area (Å²) < 4.78 is 15.1. The van der Waals surface area contributed by atoms with Gasteiger partial charge in [0.25, 0.3) is 0 Å². The van der Waals surface area contributed by atoms with Crippen LogP contribution in [-0.4, -0.2) is 30.5 Å². The standard InChI is InChI=1S/C8H12N2O4/c1-12-8(2-4-13-5-3-8)6-9-7(11)14-10-6/h2-5H2,1H3,(H,9,10,11). The highest BCUT2D eigenvalue weighted by Crippen LogP contribution is 2.32. The molecular formula is C8H12N2O4. The van der Waals surface area contributed by atoms with Crippen LogP contribution in [0, 0.1) is 0 Å². The lowest BCUT2D eigenvalue weighted by Gasteiger charge is -2.32. The first kappa shape index (κ1) is 9.42. The maximum absolute atomic E-state index is 10.8. The van der Waals surface area contributed by atoms with Gasteiger partial charge in [-0.1, -0.05) is 5.16 Å². The van der Waals surface area contributed by atoms with E-state index in [4.69, 9.17) is 9.47 Å². The average Bonchev–Trinajstić information content (AvgIpc) is 2.66. The minimum Gasteiger partial charge on any atom is -0.381 e. The molecule has 0 aliphatic carbocycles. The fourth-order valence-electron chi connectivity index (χ4n) is 1.67. The Morgan fingerprint density at radius 3 is 2.71 bits per heavy atom. The highest BCUT2D eigenvalue weighted by atomic mass is 16.5. The van der Waals surface area contributed by atoms with E-state index in [9.17, 15) is 4.79 Å². The number of hydrogen-bond acceptors (Lipinski definition) is 5. The van der Waals surface area contributed by atoms with Crippen LogP contribution in [0.25, 0.3) is 0 Å². The van der Waals surface area contributed by atoms with E-state index in [2.05, 4.69) is 14.7 Å². The predicted molar refractivity (Wildman–Crippen MR) is 45.9 cm³/mol. The quantitative estimate of drug-likeness (QED) is 0.727. The van der Waals surface area contributed by atoms with Crippen molar-refractivity contribution in [1.29, 1.82) is 0 Å². The van der Waals surface area contributed by atoms with E-state index in [1.807, 2.05) is 0 Å². The second kappa shape index (κ2) is 3.55. The van der Waals surface area contributed by atoms with Crippen molar-refractivity contribution in [1.82, 2.24) is 10.1 Å². The van der Waals surface area contributed by atoms with Crippen LogP contribution in [0.3, 0.4) is 0 Å². The molecule has 1 aromatic heterocycles. The third-order valence-corrected chi connectivity index (χ3v) is 2.56. The smallest absolute Gasteiger partial charge is 0.381 e. The monoisotopic (exact) mass is 200 g/mol. The van der Waals surface area contributed by atoms with Gasteiger partial charge in [0.1, 0.15) is 5.60 Å². The molecule has 1 aromatic rings. The summed E-state index contributed by atoms with van der Waals surface area (Å²) in [7, 11) is 1.60. The Labute approximate surface area is 80.2 Å². The molecule has 0 spiro atoms. The van der Waals surface area contributed by atoms with Gasteiger partial charge in [-0.25, -0.2) is 4.79 Å². The molecule has 6 heteroatoms. The molecule has 0 bridgehead atoms. The van der Waals surface area contributed by atoms with E-state index < -0.39 is 11.4 Å². The number of hydrogen-bond donors (Lipinski definition) is 1. The van der Waals surface area contributed by atoms with Crippen molar-refractivity contribution in [2.45, 2.75) is 18.4 Å². The molecule has 2 rings (SSSR count). The first-order valence-corrected chi connectivity index (χ1v) is 4.46. The Kier molecular flexibility index (Phi) is 2.39. The average molecular weight is 200 g/mol. The van der Waals surface area contributed by atoms with Gasteiger partial charge in [0, 0.05) is 33.2 Å². The predicted octanol–water partition coefficient (Wildman–Crippen LogP) is 0.0150. The first-order valence-electron chi connectivity index (χ1n) is 4.46. The summed E-state index contributed by atoms with van der Waals surface area (Å²) in [5.74, 6) is -0.101. The van der Waals surface area contributed by atoms with E-state index in [-0.39, 0.29) is 0 Å². The number of rotatable bonds is 2. The number of nitrogens with zero attached hydrogens (tertiary/aromatic N) is 1. The summed E-state index contributed by atoms with van der Waals surface area (Å²) in [6.07, 6.45) is 1.35. The molecule has 1 fully saturated rings. The molecule has 0 atom stereocenters. The first-order chi connectivity index (χ1) is 6.77. The van der Waals surface area contributed by atoms with E-state index in [1.54, 1.807) is 7.11 Å². The van der Waals surface area contributed by atoms with Gasteiger partial charge >= 0.3 is 5.76 Å². The van der Waals surface area contributed by atoms with Crippen LogP contribution in [0.1, 0.15) is 18.7 Å². The molecule has 14 heavy (non-hydrogen) atoms. The Hall–Kier alpha value is -1.14. The Bertz CT molecular complexity index is 350. The lowest BCUT2D eigenvalue weighted by atomic mass is 9.93. The van der Waals surface area contributed by atoms with Gasteiger partial charge in [-0.15, -0.1) is 0 Å². The SMILES string of the molecule is COC1(c2noc(=O)[nH]2)CCOCC1. The highest BCUT2D eigenvalue weighted by Gasteiger charge is 2.38. The fraction of sp³-hybridized carbons (Fsp3) is 0.750. The van der Waals surface area contributed by atoms with Crippen LogP contribution < -0.4 is 5.76 Å². The molecule has 1 saturated heterocycles. The van der Waals surface area contributed by atoms with Crippen molar-refractivity contribution < 1.29 is 14.0 Å². The van der Waals surface area contributed by atoms with Crippen molar-refractivity contribution in [2.75, 3.05) is 20.3 Å². The van der Waals surface area contributed by atoms with E-state index in [1.165, 1.54) is 0 Å². The van der Waals surface area contributed by atoms with Gasteiger partial charge in [0.05, 0.1) is 0 Å². The molecule has 0 radical (unpaired) electrons. The zero-order chi connectivity index (χ0) is 10.0. The third kappa shape index (κ3) is 1.46. The molecule has 6 nitrogen and oxygen atoms in total. The van der Waals surface area contributed by atoms with Crippen LogP contribution in [0.4, 0.5) is 0 Å². The molecule has 78 valence electrons. The number of aromatic nitrogens is 2. The van der Waals surface area contributed by atoms with Crippen molar-refractivity contribution in [3.05, 3.63) is 16.4 Å². The highest BCUT2D eigenvalue weighted by molar-refractivity contribution is 5.00. The summed E-state index contributed by atoms with van der Waals surface area (Å²) in [6, 6.07) is 0. The second-order valence-electron chi connectivity index (χ2n) is 3.25. The molecular weight excluding hydrogens is 188 g/mol. The van der Waals surface area contributed by atoms with Crippen LogP contribution in [0.15, 0.2) is 9.32 Å². The molecule has 1 aliphatic heterocycles. The van der Waals surface area contributed by atoms with Crippen LogP contribution in [-0.2, 0) is 15.1 Å². The van der Waals surface area contributed by atoms with Gasteiger partial charge in [0.15, 0.2) is 5.82 Å². The minimum absolute atomic E-state index is 0.452. The lowest BCUT2D eigenvalue weighted by Crippen LogP contribution is -2.37. The number of H-pyrrole nitrogens is 1. The normalized spacial score (nSPS) is 20.9. The molecule has 0 unspecified atom stereocenters. The van der Waals surface area contributed by atoms with Gasteiger partial charge in [0.2, 0.25) is 0 Å². The Balaban J connectivity index is 2.31. The summed E-state index contributed by atoms with van der Waals surface area (Å²) in [5, 5.41) is 3.66. The third-order valence-electron chi connectivity index (χ3n) is 2.56. The van der Waals surface area contributed by atoms with E-state index >= 15 is 0 Å². The maximum Gasteiger partial charge on any atom is 0.439 e. The topological polar surface area (TPSA) is 77.4 Å². The number of methoxy groups -OCH3 is 1. The largest absolute Gasteiger partial charge is 0.439 e. The summed E-state index contributed by atoms with van der Waals surface area (Å²) in [6.45, 7) is 1.20. The zero-order valence-electron chi connectivity index (χ0n) is 7.91. The number of aromatic amines is 1. The molecule has 1 aliphatic rings. The van der Waals surface area contributed by atoms with Crippen LogP contribution in [0.5, 0.6) is 0 Å². The van der Waals surface area contributed by atoms with Crippen molar-refractivity contribution in [2.24, 2.45) is 0 Å². The Morgan fingerprint density at radius 2 is 2.21 bits per heavy atom. The van der Waals surface area contributed by atoms with E-state index in [0.29, 0.717) is 31.9 Å². The molecule has 0 amide bonds. The zero-order valence-corrected chi connectivity index (χ0v) is 7.91. The summed E-state index contributed by atoms with van der Waals surface area (Å²) >= 11 is 0. The molecule has 0 saturated carbocycles. The van der Waals surface area contributed by atoms with Crippen molar-refractivity contribution >= 4 is 0 Å². The minimum atomic E-state index is -0.553. The van der Waals surface area contributed by atoms with Crippen molar-refractivity contribution in [3.8, 4) is 0 Å². The number of ether oxygens (including phenoxy) is 2. The maximum atomic E-state index is 10.8. The summed E-state index contributed by atoms with van der Waals surface area (Å²) in [4.78, 5) is 13.3. The fourth-order valence-corrected chi connectivity index (χ4v) is 1.67. The molecule has 2 heterocycles. The van der Waals surface area contributed by atoms with Crippen LogP contribution in [0.2, 0.25) is 0 Å². The van der Waals surface area contributed by atoms with Gasteiger partial charge in [-0.2, -0.15) is 0 Å². The second-order valence-corrected chi connectivity index (χ2v) is 3.25. The Morgan fingerprint density at radius 1 is 1.50 bits per heavy atom.